The predicted octanol–water partition coefficient (Wildman–Crippen LogP) is 7.34. The fraction of sp³-hybridized carbons (Fsp3) is 0.0541. The van der Waals surface area contributed by atoms with Crippen LogP contribution in [0.25, 0.3) is 33.4 Å². The van der Waals surface area contributed by atoms with E-state index < -0.39 is 5.97 Å². The number of esters is 1. The molecule has 0 aliphatic heterocycles. The van der Waals surface area contributed by atoms with Gasteiger partial charge in [0.25, 0.3) is 0 Å². The van der Waals surface area contributed by atoms with Gasteiger partial charge in [-0.05, 0) is 34.9 Å². The number of nitrogens with zero attached hydrogens (tertiary/aromatic N) is 3. The molecule has 0 atom stereocenters. The van der Waals surface area contributed by atoms with Crippen LogP contribution in [0.4, 0.5) is 0 Å². The largest absolute Gasteiger partial charge is 0.464 e. The zero-order valence-corrected chi connectivity index (χ0v) is 24.2. The van der Waals surface area contributed by atoms with Gasteiger partial charge in [0.2, 0.25) is 0 Å². The molecular formula is C37H31N3O4. The summed E-state index contributed by atoms with van der Waals surface area (Å²) in [6.45, 7) is -0.0228. The lowest BCUT2D eigenvalue weighted by molar-refractivity contribution is 0.0595. The van der Waals surface area contributed by atoms with Gasteiger partial charge in [-0.1, -0.05) is 109 Å². The van der Waals surface area contributed by atoms with Crippen LogP contribution in [0.2, 0.25) is 0 Å². The van der Waals surface area contributed by atoms with E-state index >= 15 is 0 Å². The molecule has 3 aromatic carbocycles. The van der Waals surface area contributed by atoms with Crippen LogP contribution in [0.5, 0.6) is 0 Å². The molecule has 6 rings (SSSR count). The Labute approximate surface area is 256 Å². The number of hydrogen-bond acceptors (Lipinski definition) is 7. The Morgan fingerprint density at radius 1 is 0.614 bits per heavy atom. The van der Waals surface area contributed by atoms with E-state index in [1.807, 2.05) is 121 Å². The van der Waals surface area contributed by atoms with Gasteiger partial charge in [0.15, 0.2) is 12.0 Å². The zero-order valence-electron chi connectivity index (χ0n) is 24.2. The van der Waals surface area contributed by atoms with E-state index in [1.165, 1.54) is 7.11 Å². The monoisotopic (exact) mass is 581 g/mol. The van der Waals surface area contributed by atoms with Crippen molar-refractivity contribution in [3.05, 3.63) is 163 Å². The first-order chi connectivity index (χ1) is 21.7. The third-order valence-electron chi connectivity index (χ3n) is 6.43. The first-order valence-electron chi connectivity index (χ1n) is 13.8. The highest BCUT2D eigenvalue weighted by molar-refractivity contribution is 5.95. The number of aldehydes is 1. The number of aromatic nitrogens is 3. The Balaban J connectivity index is 0.000000151. The van der Waals surface area contributed by atoms with Gasteiger partial charge in [-0.15, -0.1) is 0 Å². The van der Waals surface area contributed by atoms with Gasteiger partial charge in [0.1, 0.15) is 5.69 Å². The standard InChI is InChI=1S/C13H11NO2.C12H11NO.C12H9NO/c1-16-13(15)12-11(8-5-9-14-12)10-6-3-2-4-7-10;2*14-9-12-11(7-4-8-13-12)10-5-2-1-3-6-10/h2-9H,1H3;1-8,14H,9H2;1-9H. The number of aliphatic hydroxyl groups is 1. The van der Waals surface area contributed by atoms with Gasteiger partial charge in [-0.3, -0.25) is 14.8 Å². The van der Waals surface area contributed by atoms with Gasteiger partial charge in [-0.2, -0.15) is 0 Å². The number of carbonyl (C=O) groups is 2. The summed E-state index contributed by atoms with van der Waals surface area (Å²) in [5.41, 5.74) is 7.27. The first kappa shape index (κ1) is 31.2. The Morgan fingerprint density at radius 3 is 1.59 bits per heavy atom. The number of ether oxygens (including phenoxy) is 1. The average molecular weight is 582 g/mol. The highest BCUT2D eigenvalue weighted by atomic mass is 16.5. The highest BCUT2D eigenvalue weighted by Gasteiger charge is 2.13. The lowest BCUT2D eigenvalue weighted by Crippen LogP contribution is -2.05. The third kappa shape index (κ3) is 8.38. The normalized spacial score (nSPS) is 9.86. The van der Waals surface area contributed by atoms with Gasteiger partial charge < -0.3 is 9.84 Å². The first-order valence-corrected chi connectivity index (χ1v) is 13.8. The topological polar surface area (TPSA) is 102 Å². The molecule has 0 amide bonds. The second-order valence-electron chi connectivity index (χ2n) is 9.20. The molecule has 0 saturated heterocycles. The quantitative estimate of drug-likeness (QED) is 0.162. The van der Waals surface area contributed by atoms with Crippen LogP contribution >= 0.6 is 0 Å². The second-order valence-corrected chi connectivity index (χ2v) is 9.20. The number of carbonyl (C=O) groups excluding carboxylic acids is 2. The molecule has 0 spiro atoms. The smallest absolute Gasteiger partial charge is 0.357 e. The van der Waals surface area contributed by atoms with E-state index in [4.69, 9.17) is 9.84 Å². The zero-order chi connectivity index (χ0) is 31.0. The summed E-state index contributed by atoms with van der Waals surface area (Å²) in [6.07, 6.45) is 5.68. The highest BCUT2D eigenvalue weighted by Crippen LogP contribution is 2.23. The van der Waals surface area contributed by atoms with Crippen LogP contribution < -0.4 is 0 Å². The van der Waals surface area contributed by atoms with Crippen molar-refractivity contribution in [2.24, 2.45) is 0 Å². The Hall–Kier alpha value is -5.79. The molecule has 44 heavy (non-hydrogen) atoms. The molecule has 0 bridgehead atoms. The molecule has 3 heterocycles. The lowest BCUT2D eigenvalue weighted by atomic mass is 10.0. The number of hydrogen-bond donors (Lipinski definition) is 1. The summed E-state index contributed by atoms with van der Waals surface area (Å²) >= 11 is 0. The van der Waals surface area contributed by atoms with E-state index in [0.29, 0.717) is 11.4 Å². The van der Waals surface area contributed by atoms with Gasteiger partial charge in [-0.25, -0.2) is 9.78 Å². The van der Waals surface area contributed by atoms with Crippen molar-refractivity contribution in [3.63, 3.8) is 0 Å². The van der Waals surface area contributed by atoms with Gasteiger partial charge in [0, 0.05) is 35.3 Å². The minimum absolute atomic E-state index is 0.0228. The van der Waals surface area contributed by atoms with Crippen LogP contribution in [-0.4, -0.2) is 39.4 Å². The van der Waals surface area contributed by atoms with Crippen molar-refractivity contribution in [2.75, 3.05) is 7.11 Å². The van der Waals surface area contributed by atoms with Crippen LogP contribution in [0, 0.1) is 0 Å². The Bertz CT molecular complexity index is 1760. The van der Waals surface area contributed by atoms with Gasteiger partial charge in [0.05, 0.1) is 19.4 Å². The van der Waals surface area contributed by atoms with Crippen molar-refractivity contribution >= 4 is 12.3 Å². The van der Waals surface area contributed by atoms with Crippen molar-refractivity contribution < 1.29 is 19.4 Å². The van der Waals surface area contributed by atoms with E-state index in [-0.39, 0.29) is 6.61 Å². The fourth-order valence-corrected chi connectivity index (χ4v) is 4.33. The number of rotatable bonds is 6. The van der Waals surface area contributed by atoms with Crippen molar-refractivity contribution in [1.82, 2.24) is 15.0 Å². The van der Waals surface area contributed by atoms with Gasteiger partial charge >= 0.3 is 5.97 Å². The third-order valence-corrected chi connectivity index (χ3v) is 6.43. The molecule has 3 aromatic heterocycles. The molecular weight excluding hydrogens is 550 g/mol. The maximum absolute atomic E-state index is 11.5. The molecule has 0 saturated carbocycles. The second kappa shape index (κ2) is 16.6. The summed E-state index contributed by atoms with van der Waals surface area (Å²) in [7, 11) is 1.35. The molecule has 0 aliphatic rings. The molecule has 7 heteroatoms. The summed E-state index contributed by atoms with van der Waals surface area (Å²) < 4.78 is 4.70. The number of methoxy groups -OCH3 is 1. The Kier molecular flexibility index (Phi) is 11.8. The number of benzene rings is 3. The SMILES string of the molecule is COC(=O)c1ncccc1-c1ccccc1.O=Cc1ncccc1-c1ccccc1.OCc1ncccc1-c1ccccc1. The summed E-state index contributed by atoms with van der Waals surface area (Å²) in [5, 5.41) is 9.12. The van der Waals surface area contributed by atoms with Crippen LogP contribution in [-0.2, 0) is 11.3 Å². The van der Waals surface area contributed by atoms with Crippen LogP contribution in [0.15, 0.2) is 146 Å². The fourth-order valence-electron chi connectivity index (χ4n) is 4.33. The molecule has 0 aliphatic carbocycles. The van der Waals surface area contributed by atoms with E-state index in [0.717, 1.165) is 45.4 Å². The maximum atomic E-state index is 11.5. The van der Waals surface area contributed by atoms with Crippen molar-refractivity contribution in [3.8, 4) is 33.4 Å². The molecule has 218 valence electrons. The Morgan fingerprint density at radius 2 is 1.07 bits per heavy atom. The molecule has 0 radical (unpaired) electrons. The van der Waals surface area contributed by atoms with Crippen molar-refractivity contribution in [1.29, 1.82) is 0 Å². The van der Waals surface area contributed by atoms with Crippen LogP contribution in [0.1, 0.15) is 26.7 Å². The van der Waals surface area contributed by atoms with E-state index in [9.17, 15) is 9.59 Å². The predicted molar refractivity (Wildman–Crippen MR) is 172 cm³/mol. The number of pyridine rings is 3. The molecule has 7 nitrogen and oxygen atoms in total. The van der Waals surface area contributed by atoms with Crippen LogP contribution in [0.3, 0.4) is 0 Å². The summed E-state index contributed by atoms with van der Waals surface area (Å²) in [5.74, 6) is -0.417. The van der Waals surface area contributed by atoms with Crippen molar-refractivity contribution in [2.45, 2.75) is 6.61 Å². The van der Waals surface area contributed by atoms with E-state index in [1.54, 1.807) is 24.7 Å². The average Bonchev–Trinajstić information content (AvgIpc) is 3.13. The minimum atomic E-state index is -0.417. The molecule has 6 aromatic rings. The maximum Gasteiger partial charge on any atom is 0.357 e. The number of aliphatic hydroxyl groups excluding tert-OH is 1. The molecule has 0 fully saturated rings. The molecule has 1 N–H and O–H groups in total. The minimum Gasteiger partial charge on any atom is -0.464 e. The summed E-state index contributed by atoms with van der Waals surface area (Å²) in [4.78, 5) is 34.4. The summed E-state index contributed by atoms with van der Waals surface area (Å²) in [6, 6.07) is 40.6. The lowest BCUT2D eigenvalue weighted by Gasteiger charge is -2.06. The van der Waals surface area contributed by atoms with E-state index in [2.05, 4.69) is 15.0 Å². The molecule has 0 unspecified atom stereocenters.